The van der Waals surface area contributed by atoms with Crippen LogP contribution in [-0.2, 0) is 4.79 Å². The minimum Gasteiger partial charge on any atom is -0.478 e. The molecule has 2 N–H and O–H groups in total. The highest BCUT2D eigenvalue weighted by molar-refractivity contribution is 5.99. The maximum Gasteiger partial charge on any atom is 0.335 e. The molecule has 0 radical (unpaired) electrons. The maximum atomic E-state index is 12.9. The van der Waals surface area contributed by atoms with Crippen LogP contribution in [0.3, 0.4) is 0 Å². The van der Waals surface area contributed by atoms with Crippen LogP contribution in [-0.4, -0.2) is 17.0 Å². The lowest BCUT2D eigenvalue weighted by Gasteiger charge is -2.18. The number of carbonyl (C=O) groups is 2. The second kappa shape index (κ2) is 7.45. The molecule has 3 aromatic carbocycles. The van der Waals surface area contributed by atoms with Crippen LogP contribution in [0.2, 0.25) is 0 Å². The number of aromatic carboxylic acids is 1. The Bertz CT molecular complexity index is 836. The van der Waals surface area contributed by atoms with Gasteiger partial charge in [0.05, 0.1) is 11.5 Å². The van der Waals surface area contributed by atoms with Crippen molar-refractivity contribution in [3.63, 3.8) is 0 Å². The van der Waals surface area contributed by atoms with Gasteiger partial charge in [-0.3, -0.25) is 4.79 Å². The molecule has 0 atom stereocenters. The van der Waals surface area contributed by atoms with Crippen molar-refractivity contribution in [1.82, 2.24) is 0 Å². The minimum absolute atomic E-state index is 0.133. The zero-order valence-electron chi connectivity index (χ0n) is 13.4. The first-order chi connectivity index (χ1) is 12.1. The first-order valence-corrected chi connectivity index (χ1v) is 7.89. The second-order valence-corrected chi connectivity index (χ2v) is 5.63. The number of nitrogens with one attached hydrogen (secondary N) is 1. The van der Waals surface area contributed by atoms with E-state index >= 15 is 0 Å². The third-order valence-corrected chi connectivity index (χ3v) is 3.91. The Hall–Kier alpha value is -3.40. The van der Waals surface area contributed by atoms with Gasteiger partial charge in [0.25, 0.3) is 0 Å². The molecule has 25 heavy (non-hydrogen) atoms. The summed E-state index contributed by atoms with van der Waals surface area (Å²) in [5.41, 5.74) is 2.34. The Balaban J connectivity index is 1.93. The molecule has 0 heterocycles. The van der Waals surface area contributed by atoms with Gasteiger partial charge in [-0.2, -0.15) is 0 Å². The SMILES string of the molecule is O=C(O)c1cccc(NC(=O)C(c2ccccc2)c2ccccc2)c1. The van der Waals surface area contributed by atoms with E-state index in [0.29, 0.717) is 5.69 Å². The molecule has 1 amide bonds. The van der Waals surface area contributed by atoms with E-state index in [-0.39, 0.29) is 11.5 Å². The van der Waals surface area contributed by atoms with Crippen molar-refractivity contribution in [2.75, 3.05) is 5.32 Å². The third-order valence-electron chi connectivity index (χ3n) is 3.91. The van der Waals surface area contributed by atoms with E-state index in [2.05, 4.69) is 5.32 Å². The predicted octanol–water partition coefficient (Wildman–Crippen LogP) is 4.16. The van der Waals surface area contributed by atoms with Crippen LogP contribution in [0.25, 0.3) is 0 Å². The predicted molar refractivity (Wildman–Crippen MR) is 96.8 cm³/mol. The zero-order valence-corrected chi connectivity index (χ0v) is 13.4. The van der Waals surface area contributed by atoms with Crippen molar-refractivity contribution < 1.29 is 14.7 Å². The van der Waals surface area contributed by atoms with Crippen molar-refractivity contribution in [2.24, 2.45) is 0 Å². The molecule has 4 heteroatoms. The van der Waals surface area contributed by atoms with Crippen LogP contribution >= 0.6 is 0 Å². The van der Waals surface area contributed by atoms with Crippen molar-refractivity contribution in [1.29, 1.82) is 0 Å². The number of amides is 1. The monoisotopic (exact) mass is 331 g/mol. The average Bonchev–Trinajstić information content (AvgIpc) is 2.64. The first-order valence-electron chi connectivity index (χ1n) is 7.89. The fourth-order valence-corrected chi connectivity index (χ4v) is 2.73. The lowest BCUT2D eigenvalue weighted by molar-refractivity contribution is -0.116. The first kappa shape index (κ1) is 16.5. The summed E-state index contributed by atoms with van der Waals surface area (Å²) >= 11 is 0. The molecule has 0 aliphatic heterocycles. The Labute approximate surface area is 145 Å². The molecular weight excluding hydrogens is 314 g/mol. The van der Waals surface area contributed by atoms with E-state index < -0.39 is 11.9 Å². The normalized spacial score (nSPS) is 10.4. The molecule has 0 unspecified atom stereocenters. The standard InChI is InChI=1S/C21H17NO3/c23-20(22-18-13-7-12-17(14-18)21(24)25)19(15-8-3-1-4-9-15)16-10-5-2-6-11-16/h1-14,19H,(H,22,23)(H,24,25). The van der Waals surface area contributed by atoms with Crippen LogP contribution in [0.4, 0.5) is 5.69 Å². The number of rotatable bonds is 5. The van der Waals surface area contributed by atoms with Crippen molar-refractivity contribution >= 4 is 17.6 Å². The average molecular weight is 331 g/mol. The number of anilines is 1. The van der Waals surface area contributed by atoms with Gasteiger partial charge in [-0.25, -0.2) is 4.79 Å². The van der Waals surface area contributed by atoms with Gasteiger partial charge < -0.3 is 10.4 Å². The van der Waals surface area contributed by atoms with Gasteiger partial charge in [0.1, 0.15) is 0 Å². The molecule has 0 spiro atoms. The molecule has 0 fully saturated rings. The van der Waals surface area contributed by atoms with Gasteiger partial charge >= 0.3 is 5.97 Å². The number of hydrogen-bond acceptors (Lipinski definition) is 2. The number of carboxylic acid groups (broad SMARTS) is 1. The van der Waals surface area contributed by atoms with E-state index in [9.17, 15) is 9.59 Å². The largest absolute Gasteiger partial charge is 0.478 e. The summed E-state index contributed by atoms with van der Waals surface area (Å²) in [5.74, 6) is -1.71. The highest BCUT2D eigenvalue weighted by Gasteiger charge is 2.22. The Morgan fingerprint density at radius 2 is 1.32 bits per heavy atom. The summed E-state index contributed by atoms with van der Waals surface area (Å²) in [4.78, 5) is 24.0. The Kier molecular flexibility index (Phi) is 4.90. The smallest absolute Gasteiger partial charge is 0.335 e. The molecule has 0 aliphatic carbocycles. The summed E-state index contributed by atoms with van der Waals surface area (Å²) in [6.45, 7) is 0. The van der Waals surface area contributed by atoms with E-state index in [1.807, 2.05) is 60.7 Å². The summed E-state index contributed by atoms with van der Waals surface area (Å²) < 4.78 is 0. The fraction of sp³-hybridized carbons (Fsp3) is 0.0476. The lowest BCUT2D eigenvalue weighted by atomic mass is 9.90. The van der Waals surface area contributed by atoms with Crippen LogP contribution < -0.4 is 5.32 Å². The zero-order chi connectivity index (χ0) is 17.6. The number of carbonyl (C=O) groups excluding carboxylic acids is 1. The summed E-state index contributed by atoms with van der Waals surface area (Å²) in [6, 6.07) is 25.2. The summed E-state index contributed by atoms with van der Waals surface area (Å²) in [7, 11) is 0. The van der Waals surface area contributed by atoms with Gasteiger partial charge in [0.15, 0.2) is 0 Å². The van der Waals surface area contributed by atoms with Crippen molar-refractivity contribution in [3.05, 3.63) is 102 Å². The molecule has 4 nitrogen and oxygen atoms in total. The highest BCUT2D eigenvalue weighted by atomic mass is 16.4. The highest BCUT2D eigenvalue weighted by Crippen LogP contribution is 2.26. The maximum absolute atomic E-state index is 12.9. The quantitative estimate of drug-likeness (QED) is 0.738. The minimum atomic E-state index is -1.03. The molecule has 0 aliphatic rings. The Morgan fingerprint density at radius 1 is 0.760 bits per heavy atom. The number of carboxylic acids is 1. The second-order valence-electron chi connectivity index (χ2n) is 5.63. The van der Waals surface area contributed by atoms with E-state index in [0.717, 1.165) is 11.1 Å². The number of benzene rings is 3. The fourth-order valence-electron chi connectivity index (χ4n) is 2.73. The van der Waals surface area contributed by atoms with Gasteiger partial charge in [-0.1, -0.05) is 66.7 Å². The molecule has 0 saturated heterocycles. The number of hydrogen-bond donors (Lipinski definition) is 2. The molecule has 3 rings (SSSR count). The summed E-state index contributed by atoms with van der Waals surface area (Å²) in [6.07, 6.45) is 0. The van der Waals surface area contributed by atoms with E-state index in [4.69, 9.17) is 5.11 Å². The van der Waals surface area contributed by atoms with Crippen LogP contribution in [0.5, 0.6) is 0 Å². The molecular formula is C21H17NO3. The third kappa shape index (κ3) is 3.93. The molecule has 0 bridgehead atoms. The Morgan fingerprint density at radius 3 is 1.84 bits per heavy atom. The lowest BCUT2D eigenvalue weighted by Crippen LogP contribution is -2.22. The van der Waals surface area contributed by atoms with E-state index in [1.54, 1.807) is 12.1 Å². The van der Waals surface area contributed by atoms with Crippen molar-refractivity contribution in [2.45, 2.75) is 5.92 Å². The molecule has 0 aromatic heterocycles. The summed E-state index contributed by atoms with van der Waals surface area (Å²) in [5, 5.41) is 11.9. The van der Waals surface area contributed by atoms with Gasteiger partial charge in [0.2, 0.25) is 5.91 Å². The molecule has 0 saturated carbocycles. The van der Waals surface area contributed by atoms with Crippen LogP contribution in [0.1, 0.15) is 27.4 Å². The van der Waals surface area contributed by atoms with E-state index in [1.165, 1.54) is 12.1 Å². The van der Waals surface area contributed by atoms with Crippen molar-refractivity contribution in [3.8, 4) is 0 Å². The molecule has 124 valence electrons. The van der Waals surface area contributed by atoms with Crippen LogP contribution in [0, 0.1) is 0 Å². The topological polar surface area (TPSA) is 66.4 Å². The van der Waals surface area contributed by atoms with Gasteiger partial charge in [-0.15, -0.1) is 0 Å². The van der Waals surface area contributed by atoms with Gasteiger partial charge in [0, 0.05) is 5.69 Å². The van der Waals surface area contributed by atoms with Gasteiger partial charge in [-0.05, 0) is 29.3 Å². The van der Waals surface area contributed by atoms with Crippen LogP contribution in [0.15, 0.2) is 84.9 Å². The molecule has 3 aromatic rings.